The zero-order valence-electron chi connectivity index (χ0n) is 12.0. The van der Waals surface area contributed by atoms with Crippen LogP contribution in [0.1, 0.15) is 32.0 Å². The predicted octanol–water partition coefficient (Wildman–Crippen LogP) is 3.42. The molecule has 0 N–H and O–H groups in total. The Bertz CT molecular complexity index is 527. The van der Waals surface area contributed by atoms with Crippen LogP contribution >= 0.6 is 11.6 Å². The highest BCUT2D eigenvalue weighted by Gasteiger charge is 2.09. The van der Waals surface area contributed by atoms with Crippen molar-refractivity contribution < 1.29 is 4.74 Å². The lowest BCUT2D eigenvalue weighted by atomic mass is 10.3. The zero-order valence-corrected chi connectivity index (χ0v) is 12.8. The van der Waals surface area contributed by atoms with Gasteiger partial charge in [-0.1, -0.05) is 13.3 Å². The minimum atomic E-state index is 0.587. The Hall–Kier alpha value is -1.13. The minimum Gasteiger partial charge on any atom is -0.381 e. The first-order chi connectivity index (χ1) is 9.86. The molecule has 0 aliphatic heterocycles. The van der Waals surface area contributed by atoms with E-state index in [1.807, 2.05) is 12.3 Å². The SMILES string of the molecule is CCCCOCCCn1c(CCCl)nc2cnccc21. The fraction of sp³-hybridized carbons (Fsp3) is 0.600. The Morgan fingerprint density at radius 1 is 1.30 bits per heavy atom. The van der Waals surface area contributed by atoms with Gasteiger partial charge in [0, 0.05) is 38.3 Å². The second kappa shape index (κ2) is 8.22. The molecule has 0 radical (unpaired) electrons. The normalized spacial score (nSPS) is 11.3. The molecule has 0 aliphatic rings. The fourth-order valence-corrected chi connectivity index (χ4v) is 2.40. The number of ether oxygens (including phenoxy) is 1. The number of alkyl halides is 1. The number of aromatic nitrogens is 3. The van der Waals surface area contributed by atoms with Crippen LogP contribution < -0.4 is 0 Å². The van der Waals surface area contributed by atoms with Gasteiger partial charge in [-0.3, -0.25) is 4.98 Å². The molecule has 0 aliphatic carbocycles. The maximum absolute atomic E-state index is 5.86. The highest BCUT2D eigenvalue weighted by Crippen LogP contribution is 2.16. The second-order valence-corrected chi connectivity index (χ2v) is 5.18. The number of unbranched alkanes of at least 4 members (excludes halogenated alkanes) is 1. The lowest BCUT2D eigenvalue weighted by molar-refractivity contribution is 0.126. The maximum atomic E-state index is 5.86. The lowest BCUT2D eigenvalue weighted by Gasteiger charge is -2.09. The highest BCUT2D eigenvalue weighted by molar-refractivity contribution is 6.17. The van der Waals surface area contributed by atoms with Gasteiger partial charge in [0.25, 0.3) is 0 Å². The van der Waals surface area contributed by atoms with Gasteiger partial charge >= 0.3 is 0 Å². The molecule has 110 valence electrons. The number of fused-ring (bicyclic) bond motifs is 1. The number of aryl methyl sites for hydroxylation is 2. The Balaban J connectivity index is 1.98. The Morgan fingerprint density at radius 3 is 2.95 bits per heavy atom. The van der Waals surface area contributed by atoms with Crippen LogP contribution in [-0.4, -0.2) is 33.6 Å². The van der Waals surface area contributed by atoms with Crippen molar-refractivity contribution in [3.8, 4) is 0 Å². The van der Waals surface area contributed by atoms with E-state index < -0.39 is 0 Å². The number of pyridine rings is 1. The van der Waals surface area contributed by atoms with Crippen LogP contribution in [0.4, 0.5) is 0 Å². The summed E-state index contributed by atoms with van der Waals surface area (Å²) in [5.74, 6) is 1.63. The summed E-state index contributed by atoms with van der Waals surface area (Å²) < 4.78 is 7.85. The quantitative estimate of drug-likeness (QED) is 0.526. The van der Waals surface area contributed by atoms with Gasteiger partial charge in [-0.05, 0) is 18.9 Å². The fourth-order valence-electron chi connectivity index (χ4n) is 2.23. The van der Waals surface area contributed by atoms with Crippen LogP contribution in [0.15, 0.2) is 18.5 Å². The number of rotatable bonds is 9. The average molecular weight is 296 g/mol. The van der Waals surface area contributed by atoms with Crippen LogP contribution in [-0.2, 0) is 17.7 Å². The third-order valence-corrected chi connectivity index (χ3v) is 3.45. The number of imidazole rings is 1. The van der Waals surface area contributed by atoms with Gasteiger partial charge < -0.3 is 9.30 Å². The molecule has 0 unspecified atom stereocenters. The van der Waals surface area contributed by atoms with E-state index >= 15 is 0 Å². The van der Waals surface area contributed by atoms with E-state index in [9.17, 15) is 0 Å². The van der Waals surface area contributed by atoms with Gasteiger partial charge in [0.05, 0.1) is 11.7 Å². The van der Waals surface area contributed by atoms with Crippen LogP contribution in [0.25, 0.3) is 11.0 Å². The number of hydrogen-bond acceptors (Lipinski definition) is 3. The van der Waals surface area contributed by atoms with E-state index in [0.717, 1.165) is 55.9 Å². The van der Waals surface area contributed by atoms with Crippen molar-refractivity contribution in [3.05, 3.63) is 24.3 Å². The van der Waals surface area contributed by atoms with Crippen LogP contribution in [0.5, 0.6) is 0 Å². The summed E-state index contributed by atoms with van der Waals surface area (Å²) in [5.41, 5.74) is 2.08. The van der Waals surface area contributed by atoms with Crippen molar-refractivity contribution in [2.24, 2.45) is 0 Å². The largest absolute Gasteiger partial charge is 0.381 e. The molecule has 4 nitrogen and oxygen atoms in total. The first-order valence-corrected chi connectivity index (χ1v) is 7.83. The van der Waals surface area contributed by atoms with Crippen molar-refractivity contribution >= 4 is 22.6 Å². The second-order valence-electron chi connectivity index (χ2n) is 4.80. The van der Waals surface area contributed by atoms with E-state index in [1.54, 1.807) is 6.20 Å². The molecular formula is C15H22ClN3O. The van der Waals surface area contributed by atoms with E-state index in [-0.39, 0.29) is 0 Å². The molecular weight excluding hydrogens is 274 g/mol. The molecule has 2 rings (SSSR count). The standard InChI is InChI=1S/C15H22ClN3O/c1-2-3-10-20-11-4-9-19-14-6-8-17-12-13(14)18-15(19)5-7-16/h6,8,12H,2-5,7,9-11H2,1H3. The molecule has 5 heteroatoms. The summed E-state index contributed by atoms with van der Waals surface area (Å²) in [6.07, 6.45) is 7.71. The summed E-state index contributed by atoms with van der Waals surface area (Å²) in [6.45, 7) is 4.75. The molecule has 2 aromatic rings. The summed E-state index contributed by atoms with van der Waals surface area (Å²) in [7, 11) is 0. The van der Waals surface area contributed by atoms with E-state index in [2.05, 4.69) is 21.5 Å². The monoisotopic (exact) mass is 295 g/mol. The van der Waals surface area contributed by atoms with Crippen LogP contribution in [0, 0.1) is 0 Å². The average Bonchev–Trinajstić information content (AvgIpc) is 2.81. The van der Waals surface area contributed by atoms with E-state index in [1.165, 1.54) is 6.42 Å². The van der Waals surface area contributed by atoms with Gasteiger partial charge in [0.2, 0.25) is 0 Å². The maximum Gasteiger partial charge on any atom is 0.111 e. The number of halogens is 1. The molecule has 0 aromatic carbocycles. The van der Waals surface area contributed by atoms with Crippen molar-refractivity contribution in [1.82, 2.24) is 14.5 Å². The van der Waals surface area contributed by atoms with Crippen molar-refractivity contribution in [3.63, 3.8) is 0 Å². The summed E-state index contributed by atoms with van der Waals surface area (Å²) in [6, 6.07) is 2.01. The highest BCUT2D eigenvalue weighted by atomic mass is 35.5. The molecule has 0 bridgehead atoms. The van der Waals surface area contributed by atoms with Crippen LogP contribution in [0.2, 0.25) is 0 Å². The Kier molecular flexibility index (Phi) is 6.27. The molecule has 0 saturated heterocycles. The van der Waals surface area contributed by atoms with Crippen molar-refractivity contribution in [1.29, 1.82) is 0 Å². The summed E-state index contributed by atoms with van der Waals surface area (Å²) in [4.78, 5) is 8.73. The third kappa shape index (κ3) is 3.93. The molecule has 0 fully saturated rings. The van der Waals surface area contributed by atoms with Gasteiger partial charge in [-0.15, -0.1) is 11.6 Å². The molecule has 0 atom stereocenters. The summed E-state index contributed by atoms with van der Waals surface area (Å²) >= 11 is 5.86. The minimum absolute atomic E-state index is 0.587. The molecule has 20 heavy (non-hydrogen) atoms. The Morgan fingerprint density at radius 2 is 2.15 bits per heavy atom. The van der Waals surface area contributed by atoms with Gasteiger partial charge in [-0.2, -0.15) is 0 Å². The number of hydrogen-bond donors (Lipinski definition) is 0. The summed E-state index contributed by atoms with van der Waals surface area (Å²) in [5, 5.41) is 0. The first kappa shape index (κ1) is 15.3. The lowest BCUT2D eigenvalue weighted by Crippen LogP contribution is -2.07. The van der Waals surface area contributed by atoms with Gasteiger partial charge in [-0.25, -0.2) is 4.98 Å². The molecule has 2 heterocycles. The van der Waals surface area contributed by atoms with Crippen molar-refractivity contribution in [2.45, 2.75) is 39.2 Å². The molecule has 0 saturated carbocycles. The van der Waals surface area contributed by atoms with Gasteiger partial charge in [0.15, 0.2) is 0 Å². The third-order valence-electron chi connectivity index (χ3n) is 3.26. The number of nitrogens with zero attached hydrogens (tertiary/aromatic N) is 3. The van der Waals surface area contributed by atoms with Crippen molar-refractivity contribution in [2.75, 3.05) is 19.1 Å². The molecule has 0 amide bonds. The smallest absolute Gasteiger partial charge is 0.111 e. The first-order valence-electron chi connectivity index (χ1n) is 7.29. The van der Waals surface area contributed by atoms with Gasteiger partial charge in [0.1, 0.15) is 11.3 Å². The Labute approximate surface area is 125 Å². The molecule has 0 spiro atoms. The zero-order chi connectivity index (χ0) is 14.2. The van der Waals surface area contributed by atoms with E-state index in [4.69, 9.17) is 16.3 Å². The molecule has 2 aromatic heterocycles. The van der Waals surface area contributed by atoms with Crippen LogP contribution in [0.3, 0.4) is 0 Å². The topological polar surface area (TPSA) is 39.9 Å². The predicted molar refractivity (Wildman–Crippen MR) is 82.3 cm³/mol. The van der Waals surface area contributed by atoms with E-state index in [0.29, 0.717) is 5.88 Å².